The van der Waals surface area contributed by atoms with Gasteiger partial charge in [0.1, 0.15) is 5.82 Å². The highest BCUT2D eigenvalue weighted by atomic mass is 127. The van der Waals surface area contributed by atoms with Gasteiger partial charge in [-0.2, -0.15) is 0 Å². The van der Waals surface area contributed by atoms with Crippen molar-refractivity contribution in [1.29, 1.82) is 0 Å². The van der Waals surface area contributed by atoms with Crippen molar-refractivity contribution < 1.29 is 4.39 Å². The van der Waals surface area contributed by atoms with E-state index in [9.17, 15) is 4.39 Å². The Morgan fingerprint density at radius 2 is 1.84 bits per heavy atom. The predicted molar refractivity (Wildman–Crippen MR) is 135 cm³/mol. The standard InChI is InChI=1S/C24H30FN5.HI/c1-4-27-23(29-17-24(2,3)21-6-5-7-22(25)14-21)28-15-19-8-10-20(11-9-19)16-30-13-12-26-18-30;/h5-14,18H,4,15-17H2,1-3H3,(H2,27,28,29);1H. The Labute approximate surface area is 201 Å². The minimum Gasteiger partial charge on any atom is -0.357 e. The molecule has 2 N–H and O–H groups in total. The van der Waals surface area contributed by atoms with Crippen LogP contribution in [0.3, 0.4) is 0 Å². The van der Waals surface area contributed by atoms with E-state index in [0.717, 1.165) is 30.2 Å². The van der Waals surface area contributed by atoms with Crippen molar-refractivity contribution in [2.75, 3.05) is 13.1 Å². The summed E-state index contributed by atoms with van der Waals surface area (Å²) in [6, 6.07) is 15.2. The van der Waals surface area contributed by atoms with E-state index in [4.69, 9.17) is 4.99 Å². The summed E-state index contributed by atoms with van der Waals surface area (Å²) in [7, 11) is 0. The molecule has 0 unspecified atom stereocenters. The highest BCUT2D eigenvalue weighted by Gasteiger charge is 2.21. The molecule has 7 heteroatoms. The lowest BCUT2D eigenvalue weighted by atomic mass is 9.84. The summed E-state index contributed by atoms with van der Waals surface area (Å²) >= 11 is 0. The molecular formula is C24H31FIN5. The number of halogens is 2. The number of nitrogens with one attached hydrogen (secondary N) is 2. The number of nitrogens with zero attached hydrogens (tertiary/aromatic N) is 3. The Bertz CT molecular complexity index is 952. The summed E-state index contributed by atoms with van der Waals surface area (Å²) < 4.78 is 15.6. The Kier molecular flexibility index (Phi) is 9.48. The monoisotopic (exact) mass is 535 g/mol. The number of guanidine groups is 1. The van der Waals surface area contributed by atoms with Gasteiger partial charge in [0.25, 0.3) is 0 Å². The van der Waals surface area contributed by atoms with Crippen LogP contribution in [0.2, 0.25) is 0 Å². The molecule has 0 aliphatic rings. The van der Waals surface area contributed by atoms with Gasteiger partial charge in [-0.25, -0.2) is 14.4 Å². The van der Waals surface area contributed by atoms with Crippen LogP contribution in [-0.2, 0) is 18.5 Å². The number of aromatic nitrogens is 2. The summed E-state index contributed by atoms with van der Waals surface area (Å²) in [6.07, 6.45) is 5.56. The molecule has 0 spiro atoms. The van der Waals surface area contributed by atoms with E-state index in [-0.39, 0.29) is 35.2 Å². The Hall–Kier alpha value is -2.42. The fourth-order valence-corrected chi connectivity index (χ4v) is 3.17. The third-order valence-corrected chi connectivity index (χ3v) is 5.02. The van der Waals surface area contributed by atoms with Gasteiger partial charge in [-0.15, -0.1) is 24.0 Å². The van der Waals surface area contributed by atoms with Crippen LogP contribution >= 0.6 is 24.0 Å². The van der Waals surface area contributed by atoms with Gasteiger partial charge in [-0.3, -0.25) is 0 Å². The smallest absolute Gasteiger partial charge is 0.191 e. The first-order valence-electron chi connectivity index (χ1n) is 10.3. The molecule has 2 aromatic carbocycles. The average Bonchev–Trinajstić information content (AvgIpc) is 3.24. The molecule has 0 bridgehead atoms. The molecule has 3 aromatic rings. The first-order chi connectivity index (χ1) is 14.5. The van der Waals surface area contributed by atoms with E-state index in [1.54, 1.807) is 18.3 Å². The van der Waals surface area contributed by atoms with E-state index < -0.39 is 0 Å². The van der Waals surface area contributed by atoms with Crippen LogP contribution in [0.4, 0.5) is 4.39 Å². The van der Waals surface area contributed by atoms with Crippen molar-refractivity contribution in [1.82, 2.24) is 20.2 Å². The summed E-state index contributed by atoms with van der Waals surface area (Å²) in [6.45, 7) is 9.04. The molecule has 3 rings (SSSR count). The molecule has 0 aliphatic carbocycles. The van der Waals surface area contributed by atoms with Gasteiger partial charge in [-0.05, 0) is 35.7 Å². The van der Waals surface area contributed by atoms with Crippen LogP contribution in [0.1, 0.15) is 37.5 Å². The second-order valence-electron chi connectivity index (χ2n) is 7.99. The molecule has 166 valence electrons. The van der Waals surface area contributed by atoms with E-state index in [1.807, 2.05) is 30.1 Å². The molecule has 0 amide bonds. The fraction of sp³-hybridized carbons (Fsp3) is 0.333. The molecule has 5 nitrogen and oxygen atoms in total. The zero-order valence-electron chi connectivity index (χ0n) is 18.3. The number of rotatable bonds is 8. The van der Waals surface area contributed by atoms with Crippen molar-refractivity contribution >= 4 is 29.9 Å². The maximum Gasteiger partial charge on any atom is 0.191 e. The van der Waals surface area contributed by atoms with E-state index in [1.165, 1.54) is 11.6 Å². The molecule has 0 atom stereocenters. The van der Waals surface area contributed by atoms with Gasteiger partial charge >= 0.3 is 0 Å². The second-order valence-corrected chi connectivity index (χ2v) is 7.99. The summed E-state index contributed by atoms with van der Waals surface area (Å²) in [5.74, 6) is 0.544. The third-order valence-electron chi connectivity index (χ3n) is 5.02. The van der Waals surface area contributed by atoms with Crippen molar-refractivity contribution in [2.45, 2.75) is 39.3 Å². The van der Waals surface area contributed by atoms with E-state index >= 15 is 0 Å². The lowest BCUT2D eigenvalue weighted by Crippen LogP contribution is -2.43. The molecule has 1 aromatic heterocycles. The number of hydrogen-bond donors (Lipinski definition) is 2. The largest absolute Gasteiger partial charge is 0.357 e. The Morgan fingerprint density at radius 3 is 2.48 bits per heavy atom. The summed E-state index contributed by atoms with van der Waals surface area (Å²) in [5, 5.41) is 6.68. The summed E-state index contributed by atoms with van der Waals surface area (Å²) in [4.78, 5) is 8.78. The fourth-order valence-electron chi connectivity index (χ4n) is 3.17. The molecule has 0 radical (unpaired) electrons. The predicted octanol–water partition coefficient (Wildman–Crippen LogP) is 4.72. The number of benzene rings is 2. The SMILES string of the molecule is CCNC(=NCc1ccc(Cn2ccnc2)cc1)NCC(C)(C)c1cccc(F)c1.I. The van der Waals surface area contributed by atoms with Crippen LogP contribution in [-0.4, -0.2) is 28.6 Å². The maximum atomic E-state index is 13.6. The van der Waals surface area contributed by atoms with Crippen LogP contribution in [0.15, 0.2) is 72.2 Å². The molecule has 0 fully saturated rings. The van der Waals surface area contributed by atoms with Crippen LogP contribution in [0.25, 0.3) is 0 Å². The molecule has 0 aliphatic heterocycles. The van der Waals surface area contributed by atoms with Gasteiger partial charge in [-0.1, -0.05) is 50.2 Å². The summed E-state index contributed by atoms with van der Waals surface area (Å²) in [5.41, 5.74) is 3.10. The number of hydrogen-bond acceptors (Lipinski definition) is 2. The van der Waals surface area contributed by atoms with Gasteiger partial charge in [0.05, 0.1) is 12.9 Å². The van der Waals surface area contributed by atoms with Crippen LogP contribution < -0.4 is 10.6 Å². The number of imidazole rings is 1. The lowest BCUT2D eigenvalue weighted by molar-refractivity contribution is 0.503. The number of aliphatic imine (C=N–C) groups is 1. The van der Waals surface area contributed by atoms with Crippen LogP contribution in [0, 0.1) is 5.82 Å². The van der Waals surface area contributed by atoms with Gasteiger partial charge in [0, 0.05) is 37.4 Å². The zero-order valence-corrected chi connectivity index (χ0v) is 20.6. The first kappa shape index (κ1) is 24.8. The normalized spacial score (nSPS) is 11.7. The minimum atomic E-state index is -0.229. The third kappa shape index (κ3) is 7.65. The van der Waals surface area contributed by atoms with Gasteiger partial charge < -0.3 is 15.2 Å². The van der Waals surface area contributed by atoms with Crippen molar-refractivity contribution in [3.63, 3.8) is 0 Å². The Morgan fingerprint density at radius 1 is 1.10 bits per heavy atom. The van der Waals surface area contributed by atoms with Crippen molar-refractivity contribution in [3.8, 4) is 0 Å². The highest BCUT2D eigenvalue weighted by Crippen LogP contribution is 2.22. The quantitative estimate of drug-likeness (QED) is 0.250. The van der Waals surface area contributed by atoms with Crippen molar-refractivity contribution in [3.05, 3.63) is 89.8 Å². The average molecular weight is 535 g/mol. The highest BCUT2D eigenvalue weighted by molar-refractivity contribution is 14.0. The molecule has 0 saturated carbocycles. The Balaban J connectivity index is 0.00000341. The topological polar surface area (TPSA) is 54.2 Å². The molecule has 0 saturated heterocycles. The lowest BCUT2D eigenvalue weighted by Gasteiger charge is -2.27. The molecule has 1 heterocycles. The molecule has 31 heavy (non-hydrogen) atoms. The van der Waals surface area contributed by atoms with Gasteiger partial charge in [0.15, 0.2) is 5.96 Å². The van der Waals surface area contributed by atoms with Crippen LogP contribution in [0.5, 0.6) is 0 Å². The maximum absolute atomic E-state index is 13.6. The van der Waals surface area contributed by atoms with Crippen molar-refractivity contribution in [2.24, 2.45) is 4.99 Å². The molecular weight excluding hydrogens is 504 g/mol. The van der Waals surface area contributed by atoms with E-state index in [2.05, 4.69) is 53.7 Å². The van der Waals surface area contributed by atoms with E-state index in [0.29, 0.717) is 13.1 Å². The first-order valence-corrected chi connectivity index (χ1v) is 10.3. The zero-order chi connectivity index (χ0) is 21.4. The minimum absolute atomic E-state index is 0. The second kappa shape index (κ2) is 11.8. The van der Waals surface area contributed by atoms with Gasteiger partial charge in [0.2, 0.25) is 0 Å².